The Kier molecular flexibility index (Phi) is 5.48. The van der Waals surface area contributed by atoms with Crippen molar-refractivity contribution in [1.29, 1.82) is 0 Å². The van der Waals surface area contributed by atoms with E-state index < -0.39 is 44.7 Å². The average molecular weight is 469 g/mol. The minimum Gasteiger partial charge on any atom is -0.406 e. The Labute approximate surface area is 169 Å². The second kappa shape index (κ2) is 7.53. The molecule has 31 heavy (non-hydrogen) atoms. The molecule has 3 rings (SSSR count). The lowest BCUT2D eigenvalue weighted by Crippen LogP contribution is -2.17. The first-order valence-electron chi connectivity index (χ1n) is 8.01. The van der Waals surface area contributed by atoms with E-state index in [9.17, 15) is 39.2 Å². The highest BCUT2D eigenvalue weighted by Gasteiger charge is 2.35. The predicted molar refractivity (Wildman–Crippen MR) is 92.0 cm³/mol. The SMILES string of the molecule is NS(=O)(=O)c1ccc(-c2cc(C(F)(F)F)nn2-c2ccc(OC(F)(F)F)cc2)cc1F. The molecule has 0 aliphatic rings. The molecule has 0 spiro atoms. The zero-order valence-electron chi connectivity index (χ0n) is 14.9. The first-order valence-corrected chi connectivity index (χ1v) is 9.56. The van der Waals surface area contributed by atoms with Gasteiger partial charge in [0.15, 0.2) is 5.69 Å². The van der Waals surface area contributed by atoms with Crippen molar-refractivity contribution in [3.8, 4) is 22.7 Å². The topological polar surface area (TPSA) is 87.2 Å². The Morgan fingerprint density at radius 3 is 2.03 bits per heavy atom. The highest BCUT2D eigenvalue weighted by Crippen LogP contribution is 2.34. The monoisotopic (exact) mass is 469 g/mol. The van der Waals surface area contributed by atoms with E-state index in [0.29, 0.717) is 16.8 Å². The number of alkyl halides is 6. The first-order chi connectivity index (χ1) is 14.1. The summed E-state index contributed by atoms with van der Waals surface area (Å²) in [5.74, 6) is -1.93. The summed E-state index contributed by atoms with van der Waals surface area (Å²) in [6.07, 6.45) is -9.86. The molecule has 0 fully saturated rings. The smallest absolute Gasteiger partial charge is 0.406 e. The number of hydrogen-bond donors (Lipinski definition) is 1. The Bertz CT molecular complexity index is 1220. The van der Waals surface area contributed by atoms with Crippen molar-refractivity contribution >= 4 is 10.0 Å². The van der Waals surface area contributed by atoms with Gasteiger partial charge in [0.05, 0.1) is 11.4 Å². The number of rotatable bonds is 4. The molecule has 0 atom stereocenters. The number of nitrogens with zero attached hydrogens (tertiary/aromatic N) is 2. The van der Waals surface area contributed by atoms with E-state index in [4.69, 9.17) is 5.14 Å². The zero-order valence-corrected chi connectivity index (χ0v) is 15.7. The molecule has 3 aromatic rings. The van der Waals surface area contributed by atoms with Crippen LogP contribution in [0.25, 0.3) is 16.9 Å². The van der Waals surface area contributed by atoms with Crippen LogP contribution in [0.15, 0.2) is 53.4 Å². The number of sulfonamides is 1. The van der Waals surface area contributed by atoms with Gasteiger partial charge in [-0.25, -0.2) is 22.6 Å². The van der Waals surface area contributed by atoms with E-state index in [1.165, 1.54) is 0 Å². The summed E-state index contributed by atoms with van der Waals surface area (Å²) in [6, 6.07) is 6.72. The quantitative estimate of drug-likeness (QED) is 0.579. The van der Waals surface area contributed by atoms with Gasteiger partial charge < -0.3 is 4.74 Å². The molecule has 0 radical (unpaired) electrons. The van der Waals surface area contributed by atoms with Crippen molar-refractivity contribution in [1.82, 2.24) is 9.78 Å². The van der Waals surface area contributed by atoms with Crippen LogP contribution in [-0.2, 0) is 16.2 Å². The number of benzene rings is 2. The lowest BCUT2D eigenvalue weighted by Gasteiger charge is -2.11. The summed E-state index contributed by atoms with van der Waals surface area (Å²) in [6.45, 7) is 0. The van der Waals surface area contributed by atoms with E-state index in [-0.39, 0.29) is 16.9 Å². The van der Waals surface area contributed by atoms with Crippen LogP contribution in [0, 0.1) is 5.82 Å². The molecule has 0 unspecified atom stereocenters. The largest absolute Gasteiger partial charge is 0.573 e. The Morgan fingerprint density at radius 2 is 1.55 bits per heavy atom. The third kappa shape index (κ3) is 5.14. The van der Waals surface area contributed by atoms with Crippen LogP contribution in [0.2, 0.25) is 0 Å². The van der Waals surface area contributed by atoms with Crippen LogP contribution in [0.5, 0.6) is 5.75 Å². The number of halogens is 7. The summed E-state index contributed by atoms with van der Waals surface area (Å²) >= 11 is 0. The van der Waals surface area contributed by atoms with Crippen LogP contribution < -0.4 is 9.88 Å². The Balaban J connectivity index is 2.12. The molecule has 2 N–H and O–H groups in total. The number of primary sulfonamides is 1. The van der Waals surface area contributed by atoms with Gasteiger partial charge in [0.1, 0.15) is 16.5 Å². The van der Waals surface area contributed by atoms with Crippen LogP contribution in [0.3, 0.4) is 0 Å². The maximum Gasteiger partial charge on any atom is 0.573 e. The van der Waals surface area contributed by atoms with Gasteiger partial charge in [-0.15, -0.1) is 13.2 Å². The van der Waals surface area contributed by atoms with Crippen LogP contribution in [0.4, 0.5) is 30.7 Å². The van der Waals surface area contributed by atoms with Crippen molar-refractivity contribution in [3.63, 3.8) is 0 Å². The lowest BCUT2D eigenvalue weighted by molar-refractivity contribution is -0.274. The van der Waals surface area contributed by atoms with Gasteiger partial charge in [0.2, 0.25) is 10.0 Å². The van der Waals surface area contributed by atoms with E-state index in [2.05, 4.69) is 9.84 Å². The fraction of sp³-hybridized carbons (Fsp3) is 0.118. The maximum absolute atomic E-state index is 14.2. The highest BCUT2D eigenvalue weighted by molar-refractivity contribution is 7.89. The van der Waals surface area contributed by atoms with Gasteiger partial charge in [-0.2, -0.15) is 18.3 Å². The molecule has 0 aliphatic heterocycles. The summed E-state index contributed by atoms with van der Waals surface area (Å²) in [7, 11) is -4.42. The fourth-order valence-corrected chi connectivity index (χ4v) is 3.19. The normalized spacial score (nSPS) is 12.8. The Morgan fingerprint density at radius 1 is 0.935 bits per heavy atom. The molecule has 0 amide bonds. The minimum atomic E-state index is -4.97. The molecule has 0 saturated heterocycles. The summed E-state index contributed by atoms with van der Waals surface area (Å²) < 4.78 is 118. The second-order valence-electron chi connectivity index (χ2n) is 6.06. The van der Waals surface area contributed by atoms with Gasteiger partial charge in [-0.1, -0.05) is 6.07 Å². The minimum absolute atomic E-state index is 0.101. The molecule has 1 aromatic heterocycles. The van der Waals surface area contributed by atoms with Crippen molar-refractivity contribution in [2.45, 2.75) is 17.4 Å². The molecule has 0 aliphatic carbocycles. The van der Waals surface area contributed by atoms with Gasteiger partial charge in [0.25, 0.3) is 0 Å². The van der Waals surface area contributed by atoms with Gasteiger partial charge in [-0.3, -0.25) is 0 Å². The average Bonchev–Trinajstić information content (AvgIpc) is 3.05. The molecule has 14 heteroatoms. The maximum atomic E-state index is 14.2. The summed E-state index contributed by atoms with van der Waals surface area (Å²) in [5, 5.41) is 8.26. The predicted octanol–water partition coefficient (Wildman–Crippen LogP) is 4.24. The van der Waals surface area contributed by atoms with E-state index in [0.717, 1.165) is 36.4 Å². The zero-order chi connectivity index (χ0) is 23.2. The number of nitrogens with two attached hydrogens (primary N) is 1. The highest BCUT2D eigenvalue weighted by atomic mass is 32.2. The van der Waals surface area contributed by atoms with Crippen molar-refractivity contribution in [2.75, 3.05) is 0 Å². The molecule has 6 nitrogen and oxygen atoms in total. The standard InChI is InChI=1S/C17H10F7N3O3S/c18-12-7-9(1-6-14(12)31(25,28)29)13-8-15(16(19,20)21)26-27(13)10-2-4-11(5-3-10)30-17(22,23)24/h1-8H,(H2,25,28,29). The van der Waals surface area contributed by atoms with Crippen molar-refractivity contribution < 1.29 is 43.9 Å². The van der Waals surface area contributed by atoms with Crippen LogP contribution in [0.1, 0.15) is 5.69 Å². The van der Waals surface area contributed by atoms with E-state index in [1.54, 1.807) is 0 Å². The molecule has 1 heterocycles. The third-order valence-electron chi connectivity index (χ3n) is 3.85. The second-order valence-corrected chi connectivity index (χ2v) is 7.59. The molecule has 0 bridgehead atoms. The molecule has 166 valence electrons. The van der Waals surface area contributed by atoms with Crippen LogP contribution >= 0.6 is 0 Å². The number of ether oxygens (including phenoxy) is 1. The van der Waals surface area contributed by atoms with Gasteiger partial charge in [0, 0.05) is 5.56 Å². The van der Waals surface area contributed by atoms with E-state index >= 15 is 0 Å². The molecular formula is C17H10F7N3O3S. The molecular weight excluding hydrogens is 459 g/mol. The van der Waals surface area contributed by atoms with Crippen LogP contribution in [-0.4, -0.2) is 24.6 Å². The molecule has 2 aromatic carbocycles. The lowest BCUT2D eigenvalue weighted by atomic mass is 10.1. The fourth-order valence-electron chi connectivity index (χ4n) is 2.60. The van der Waals surface area contributed by atoms with E-state index in [1.807, 2.05) is 0 Å². The van der Waals surface area contributed by atoms with Crippen molar-refractivity contribution in [3.05, 3.63) is 60.0 Å². The van der Waals surface area contributed by atoms with Gasteiger partial charge in [-0.05, 0) is 42.5 Å². The summed E-state index contributed by atoms with van der Waals surface area (Å²) in [4.78, 5) is -0.869. The first kappa shape index (κ1) is 22.6. The van der Waals surface area contributed by atoms with Gasteiger partial charge >= 0.3 is 12.5 Å². The number of hydrogen-bond acceptors (Lipinski definition) is 4. The van der Waals surface area contributed by atoms with Crippen molar-refractivity contribution in [2.24, 2.45) is 5.14 Å². The molecule has 0 saturated carbocycles. The summed E-state index contributed by atoms with van der Waals surface area (Å²) in [5.41, 5.74) is -1.97. The number of aromatic nitrogens is 2. The Hall–Kier alpha value is -3.13. The third-order valence-corrected chi connectivity index (χ3v) is 4.79.